The summed E-state index contributed by atoms with van der Waals surface area (Å²) in [6.07, 6.45) is 8.19. The molecule has 1 N–H and O–H groups in total. The number of aromatic nitrogens is 2. The number of carboxylic acid groups (broad SMARTS) is 1. The highest BCUT2D eigenvalue weighted by Gasteiger charge is 2.17. The Labute approximate surface area is 180 Å². The van der Waals surface area contributed by atoms with E-state index in [2.05, 4.69) is 65.9 Å². The first-order valence-electron chi connectivity index (χ1n) is 10.3. The lowest BCUT2D eigenvalue weighted by Crippen LogP contribution is -2.01. The first kappa shape index (κ1) is 19.1. The Morgan fingerprint density at radius 1 is 0.968 bits per heavy atom. The van der Waals surface area contributed by atoms with Gasteiger partial charge in [-0.3, -0.25) is 0 Å². The summed E-state index contributed by atoms with van der Waals surface area (Å²) in [6.45, 7) is 4.85. The maximum Gasteiger partial charge on any atom is 0.335 e. The van der Waals surface area contributed by atoms with E-state index in [0.717, 1.165) is 38.9 Å². The van der Waals surface area contributed by atoms with Crippen LogP contribution in [-0.4, -0.2) is 20.6 Å². The normalized spacial score (nSPS) is 13.8. The zero-order valence-corrected chi connectivity index (χ0v) is 17.5. The van der Waals surface area contributed by atoms with E-state index in [1.807, 2.05) is 24.5 Å². The third-order valence-corrected chi connectivity index (χ3v) is 6.01. The molecule has 5 rings (SSSR count). The molecule has 4 aromatic rings. The summed E-state index contributed by atoms with van der Waals surface area (Å²) in [5.74, 6) is -0.921. The van der Waals surface area contributed by atoms with E-state index in [1.165, 1.54) is 11.1 Å². The van der Waals surface area contributed by atoms with Gasteiger partial charge < -0.3 is 9.67 Å². The molecule has 0 aliphatic heterocycles. The van der Waals surface area contributed by atoms with E-state index in [4.69, 9.17) is 0 Å². The summed E-state index contributed by atoms with van der Waals surface area (Å²) in [6, 6.07) is 17.8. The standard InChI is InChI=1S/C27H22N2O2/c1-17-13-25-26(14-18(17)2)29(16-28-25)12-11-23-22-6-4-3-5-19(22)7-8-20-9-10-21(27(30)31)15-24(20)23/h3-11,13-16H,12H2,1-2H3,(H,30,31). The number of rotatable bonds is 3. The molecular weight excluding hydrogens is 384 g/mol. The van der Waals surface area contributed by atoms with Crippen molar-refractivity contribution in [3.05, 3.63) is 106 Å². The molecule has 0 unspecified atom stereocenters. The first-order valence-corrected chi connectivity index (χ1v) is 10.3. The Morgan fingerprint density at radius 3 is 2.52 bits per heavy atom. The van der Waals surface area contributed by atoms with Crippen LogP contribution in [-0.2, 0) is 6.54 Å². The molecule has 0 saturated heterocycles. The summed E-state index contributed by atoms with van der Waals surface area (Å²) >= 11 is 0. The van der Waals surface area contributed by atoms with Crippen LogP contribution in [0.4, 0.5) is 0 Å². The zero-order valence-electron chi connectivity index (χ0n) is 17.5. The summed E-state index contributed by atoms with van der Waals surface area (Å²) in [5, 5.41) is 9.54. The molecule has 0 spiro atoms. The van der Waals surface area contributed by atoms with Gasteiger partial charge in [-0.15, -0.1) is 0 Å². The average molecular weight is 406 g/mol. The molecule has 4 nitrogen and oxygen atoms in total. The highest BCUT2D eigenvalue weighted by atomic mass is 16.4. The van der Waals surface area contributed by atoms with E-state index < -0.39 is 5.97 Å². The maximum atomic E-state index is 11.6. The van der Waals surface area contributed by atoms with Crippen LogP contribution in [0.25, 0.3) is 28.8 Å². The van der Waals surface area contributed by atoms with Gasteiger partial charge in [0.15, 0.2) is 0 Å². The number of benzene rings is 3. The maximum absolute atomic E-state index is 11.6. The molecule has 4 heteroatoms. The second kappa shape index (κ2) is 7.40. The van der Waals surface area contributed by atoms with Gasteiger partial charge in [0.2, 0.25) is 0 Å². The Hall–Kier alpha value is -3.92. The van der Waals surface area contributed by atoms with Gasteiger partial charge in [0.25, 0.3) is 0 Å². The number of nitrogens with zero attached hydrogens (tertiary/aromatic N) is 2. The molecule has 3 aromatic carbocycles. The van der Waals surface area contributed by atoms with E-state index in [0.29, 0.717) is 6.54 Å². The lowest BCUT2D eigenvalue weighted by atomic mass is 9.92. The van der Waals surface area contributed by atoms with Gasteiger partial charge in [0.05, 0.1) is 22.9 Å². The van der Waals surface area contributed by atoms with Crippen molar-refractivity contribution in [1.29, 1.82) is 0 Å². The molecular formula is C27H22N2O2. The Kier molecular flexibility index (Phi) is 4.55. The minimum Gasteiger partial charge on any atom is -0.478 e. The molecule has 0 bridgehead atoms. The lowest BCUT2D eigenvalue weighted by Gasteiger charge is -2.13. The highest BCUT2D eigenvalue weighted by Crippen LogP contribution is 2.34. The van der Waals surface area contributed by atoms with Crippen LogP contribution in [0.2, 0.25) is 0 Å². The van der Waals surface area contributed by atoms with Crippen LogP contribution in [0.1, 0.15) is 43.7 Å². The second-order valence-electron chi connectivity index (χ2n) is 7.97. The van der Waals surface area contributed by atoms with Gasteiger partial charge in [-0.25, -0.2) is 9.78 Å². The predicted molar refractivity (Wildman–Crippen MR) is 125 cm³/mol. The van der Waals surface area contributed by atoms with Crippen molar-refractivity contribution in [3.8, 4) is 0 Å². The molecule has 0 fully saturated rings. The van der Waals surface area contributed by atoms with Crippen LogP contribution in [0, 0.1) is 13.8 Å². The lowest BCUT2D eigenvalue weighted by molar-refractivity contribution is 0.0697. The van der Waals surface area contributed by atoms with E-state index in [9.17, 15) is 9.90 Å². The third-order valence-electron chi connectivity index (χ3n) is 6.01. The molecule has 1 aliphatic carbocycles. The Bertz CT molecular complexity index is 1410. The molecule has 0 saturated carbocycles. The van der Waals surface area contributed by atoms with Crippen LogP contribution < -0.4 is 0 Å². The molecule has 31 heavy (non-hydrogen) atoms. The summed E-state index contributed by atoms with van der Waals surface area (Å²) in [4.78, 5) is 16.2. The fourth-order valence-electron chi connectivity index (χ4n) is 4.15. The topological polar surface area (TPSA) is 55.1 Å². The summed E-state index contributed by atoms with van der Waals surface area (Å²) in [5.41, 5.74) is 10.0. The number of allylic oxidation sites excluding steroid dienone is 1. The third kappa shape index (κ3) is 3.36. The number of carbonyl (C=O) groups is 1. The van der Waals surface area contributed by atoms with Crippen molar-refractivity contribution < 1.29 is 9.90 Å². The first-order chi connectivity index (χ1) is 15.0. The second-order valence-corrected chi connectivity index (χ2v) is 7.97. The van der Waals surface area contributed by atoms with Crippen LogP contribution in [0.5, 0.6) is 0 Å². The number of aromatic carboxylic acids is 1. The van der Waals surface area contributed by atoms with E-state index in [1.54, 1.807) is 12.1 Å². The minimum atomic E-state index is -0.921. The highest BCUT2D eigenvalue weighted by molar-refractivity contribution is 5.97. The number of hydrogen-bond donors (Lipinski definition) is 1. The molecule has 1 aliphatic rings. The van der Waals surface area contributed by atoms with Crippen LogP contribution in [0.15, 0.2) is 67.0 Å². The number of fused-ring (bicyclic) bond motifs is 3. The van der Waals surface area contributed by atoms with Gasteiger partial charge in [0, 0.05) is 6.54 Å². The number of aryl methyl sites for hydroxylation is 2. The smallest absolute Gasteiger partial charge is 0.335 e. The van der Waals surface area contributed by atoms with Crippen molar-refractivity contribution in [2.24, 2.45) is 0 Å². The van der Waals surface area contributed by atoms with Gasteiger partial charge in [-0.05, 0) is 77.1 Å². The van der Waals surface area contributed by atoms with Gasteiger partial charge >= 0.3 is 5.97 Å². The van der Waals surface area contributed by atoms with E-state index in [-0.39, 0.29) is 5.56 Å². The Balaban J connectivity index is 1.67. The minimum absolute atomic E-state index is 0.289. The van der Waals surface area contributed by atoms with Gasteiger partial charge in [0.1, 0.15) is 0 Å². The Morgan fingerprint density at radius 2 is 1.71 bits per heavy atom. The summed E-state index contributed by atoms with van der Waals surface area (Å²) < 4.78 is 2.14. The fourth-order valence-corrected chi connectivity index (χ4v) is 4.15. The molecule has 152 valence electrons. The molecule has 1 aromatic heterocycles. The van der Waals surface area contributed by atoms with Crippen molar-refractivity contribution in [2.75, 3.05) is 0 Å². The summed E-state index contributed by atoms with van der Waals surface area (Å²) in [7, 11) is 0. The van der Waals surface area contributed by atoms with Crippen molar-refractivity contribution in [2.45, 2.75) is 20.4 Å². The zero-order chi connectivity index (χ0) is 21.5. The number of imidazole rings is 1. The van der Waals surface area contributed by atoms with Crippen molar-refractivity contribution in [3.63, 3.8) is 0 Å². The molecule has 0 radical (unpaired) electrons. The largest absolute Gasteiger partial charge is 0.478 e. The molecule has 0 atom stereocenters. The van der Waals surface area contributed by atoms with Gasteiger partial charge in [-0.1, -0.05) is 48.6 Å². The van der Waals surface area contributed by atoms with E-state index >= 15 is 0 Å². The SMILES string of the molecule is Cc1cc2ncn(CC=C3c4ccccc4C=Cc4ccc(C(=O)O)cc43)c2cc1C. The van der Waals surface area contributed by atoms with Crippen LogP contribution in [0.3, 0.4) is 0 Å². The predicted octanol–water partition coefficient (Wildman–Crippen LogP) is 5.97. The number of carboxylic acids is 1. The number of hydrogen-bond acceptors (Lipinski definition) is 2. The van der Waals surface area contributed by atoms with Crippen molar-refractivity contribution in [1.82, 2.24) is 9.55 Å². The van der Waals surface area contributed by atoms with Gasteiger partial charge in [-0.2, -0.15) is 0 Å². The fraction of sp³-hybridized carbons (Fsp3) is 0.111. The average Bonchev–Trinajstić information content (AvgIpc) is 3.07. The quantitative estimate of drug-likeness (QED) is 0.402. The monoisotopic (exact) mass is 406 g/mol. The molecule has 1 heterocycles. The van der Waals surface area contributed by atoms with Crippen molar-refractivity contribution >= 4 is 34.7 Å². The molecule has 0 amide bonds. The van der Waals surface area contributed by atoms with Crippen LogP contribution >= 0.6 is 0 Å².